The van der Waals surface area contributed by atoms with Crippen molar-refractivity contribution in [2.45, 2.75) is 18.9 Å². The molecular formula is C22H24N4O3. The fourth-order valence-corrected chi connectivity index (χ4v) is 4.09. The van der Waals surface area contributed by atoms with Crippen LogP contribution in [-0.2, 0) is 16.0 Å². The zero-order valence-corrected chi connectivity index (χ0v) is 16.0. The minimum atomic E-state index is -0.520. The van der Waals surface area contributed by atoms with Crippen LogP contribution in [0.1, 0.15) is 29.3 Å². The van der Waals surface area contributed by atoms with Gasteiger partial charge in [0.15, 0.2) is 0 Å². The molecule has 1 aliphatic heterocycles. The van der Waals surface area contributed by atoms with Crippen LogP contribution in [0, 0.1) is 0 Å². The molecule has 1 aromatic heterocycles. The van der Waals surface area contributed by atoms with Gasteiger partial charge in [0.1, 0.15) is 0 Å². The van der Waals surface area contributed by atoms with Crippen LogP contribution in [0.15, 0.2) is 54.6 Å². The van der Waals surface area contributed by atoms with Crippen LogP contribution in [0.2, 0.25) is 0 Å². The lowest BCUT2D eigenvalue weighted by atomic mass is 9.92. The first-order valence-corrected chi connectivity index (χ1v) is 9.75. The SMILES string of the molecule is O=C(CCNC(=O)CN1CCc2c([nH]c3ccccc23)C1c1ccccc1)NO. The smallest absolute Gasteiger partial charge is 0.245 e. The monoisotopic (exact) mass is 392 g/mol. The van der Waals surface area contributed by atoms with Gasteiger partial charge in [-0.1, -0.05) is 48.5 Å². The number of H-pyrrole nitrogens is 1. The average Bonchev–Trinajstić information content (AvgIpc) is 3.12. The summed E-state index contributed by atoms with van der Waals surface area (Å²) in [7, 11) is 0. The highest BCUT2D eigenvalue weighted by atomic mass is 16.5. The highest BCUT2D eigenvalue weighted by molar-refractivity contribution is 5.85. The second kappa shape index (κ2) is 8.46. The maximum absolute atomic E-state index is 12.5. The third-order valence-electron chi connectivity index (χ3n) is 5.40. The Bertz CT molecular complexity index is 1020. The van der Waals surface area contributed by atoms with E-state index < -0.39 is 5.91 Å². The van der Waals surface area contributed by atoms with Gasteiger partial charge in [-0.15, -0.1) is 0 Å². The van der Waals surface area contributed by atoms with Crippen LogP contribution in [0.4, 0.5) is 0 Å². The number of aromatic amines is 1. The lowest BCUT2D eigenvalue weighted by Crippen LogP contribution is -2.43. The quantitative estimate of drug-likeness (QED) is 0.382. The Kier molecular flexibility index (Phi) is 5.59. The van der Waals surface area contributed by atoms with Gasteiger partial charge in [-0.25, -0.2) is 5.48 Å². The van der Waals surface area contributed by atoms with E-state index in [9.17, 15) is 9.59 Å². The van der Waals surface area contributed by atoms with Gasteiger partial charge in [0.25, 0.3) is 0 Å². The van der Waals surface area contributed by atoms with E-state index in [1.54, 1.807) is 5.48 Å². The van der Waals surface area contributed by atoms with E-state index in [2.05, 4.69) is 45.5 Å². The first kappa shape index (κ1) is 19.2. The third kappa shape index (κ3) is 4.01. The minimum absolute atomic E-state index is 0.0382. The van der Waals surface area contributed by atoms with Gasteiger partial charge in [0.2, 0.25) is 11.8 Å². The molecule has 4 rings (SSSR count). The normalized spacial score (nSPS) is 16.4. The van der Waals surface area contributed by atoms with E-state index in [0.717, 1.165) is 29.7 Å². The van der Waals surface area contributed by atoms with Gasteiger partial charge in [0.05, 0.1) is 12.6 Å². The molecule has 0 radical (unpaired) electrons. The lowest BCUT2D eigenvalue weighted by Gasteiger charge is -2.35. The van der Waals surface area contributed by atoms with Gasteiger partial charge in [-0.2, -0.15) is 0 Å². The summed E-state index contributed by atoms with van der Waals surface area (Å²) in [6.45, 7) is 1.18. The number of benzene rings is 2. The van der Waals surface area contributed by atoms with E-state index in [4.69, 9.17) is 5.21 Å². The third-order valence-corrected chi connectivity index (χ3v) is 5.40. The Hall–Kier alpha value is -3.16. The number of nitrogens with zero attached hydrogens (tertiary/aromatic N) is 1. The molecule has 150 valence electrons. The fraction of sp³-hybridized carbons (Fsp3) is 0.273. The molecule has 0 fully saturated rings. The molecule has 3 aromatic rings. The molecule has 4 N–H and O–H groups in total. The Morgan fingerprint density at radius 1 is 1.07 bits per heavy atom. The van der Waals surface area contributed by atoms with Gasteiger partial charge in [-0.05, 0) is 23.6 Å². The summed E-state index contributed by atoms with van der Waals surface area (Å²) < 4.78 is 0. The average molecular weight is 392 g/mol. The number of amides is 2. The molecule has 1 atom stereocenters. The van der Waals surface area contributed by atoms with Crippen molar-refractivity contribution in [2.75, 3.05) is 19.6 Å². The number of fused-ring (bicyclic) bond motifs is 3. The molecular weight excluding hydrogens is 368 g/mol. The van der Waals surface area contributed by atoms with Crippen molar-refractivity contribution in [3.05, 3.63) is 71.4 Å². The number of hydrogen-bond acceptors (Lipinski definition) is 4. The van der Waals surface area contributed by atoms with Gasteiger partial charge in [-0.3, -0.25) is 19.7 Å². The highest BCUT2D eigenvalue weighted by Crippen LogP contribution is 2.38. The molecule has 7 nitrogen and oxygen atoms in total. The molecule has 0 spiro atoms. The van der Waals surface area contributed by atoms with E-state index in [1.807, 2.05) is 24.3 Å². The number of carbonyl (C=O) groups excluding carboxylic acids is 2. The maximum Gasteiger partial charge on any atom is 0.245 e. The summed E-state index contributed by atoms with van der Waals surface area (Å²) in [5.41, 5.74) is 6.26. The van der Waals surface area contributed by atoms with Crippen molar-refractivity contribution < 1.29 is 14.8 Å². The van der Waals surface area contributed by atoms with E-state index in [1.165, 1.54) is 10.9 Å². The summed E-state index contributed by atoms with van der Waals surface area (Å²) in [4.78, 5) is 29.3. The largest absolute Gasteiger partial charge is 0.357 e. The first-order valence-electron chi connectivity index (χ1n) is 9.75. The number of carbonyl (C=O) groups is 2. The molecule has 1 unspecified atom stereocenters. The fourth-order valence-electron chi connectivity index (χ4n) is 4.09. The predicted octanol–water partition coefficient (Wildman–Crippen LogP) is 2.13. The topological polar surface area (TPSA) is 97.5 Å². The molecule has 0 saturated carbocycles. The Morgan fingerprint density at radius 2 is 1.83 bits per heavy atom. The summed E-state index contributed by atoms with van der Waals surface area (Å²) >= 11 is 0. The van der Waals surface area contributed by atoms with Crippen molar-refractivity contribution in [2.24, 2.45) is 0 Å². The summed E-state index contributed by atoms with van der Waals surface area (Å²) in [5.74, 6) is -0.663. The predicted molar refractivity (Wildman–Crippen MR) is 109 cm³/mol. The van der Waals surface area contributed by atoms with Gasteiger partial charge in [0, 0.05) is 36.1 Å². The number of aromatic nitrogens is 1. The van der Waals surface area contributed by atoms with Crippen molar-refractivity contribution in [1.29, 1.82) is 0 Å². The highest BCUT2D eigenvalue weighted by Gasteiger charge is 2.32. The number of nitrogens with one attached hydrogen (secondary N) is 3. The molecule has 1 aliphatic rings. The van der Waals surface area contributed by atoms with Crippen LogP contribution < -0.4 is 10.8 Å². The molecule has 7 heteroatoms. The Balaban J connectivity index is 1.59. The van der Waals surface area contributed by atoms with Crippen LogP contribution in [0.5, 0.6) is 0 Å². The molecule has 0 aliphatic carbocycles. The van der Waals surface area contributed by atoms with E-state index >= 15 is 0 Å². The second-order valence-electron chi connectivity index (χ2n) is 7.23. The molecule has 0 bridgehead atoms. The van der Waals surface area contributed by atoms with Gasteiger partial charge < -0.3 is 10.3 Å². The van der Waals surface area contributed by atoms with Crippen LogP contribution in [0.3, 0.4) is 0 Å². The van der Waals surface area contributed by atoms with Gasteiger partial charge >= 0.3 is 0 Å². The van der Waals surface area contributed by atoms with Crippen LogP contribution in [-0.4, -0.2) is 46.5 Å². The van der Waals surface area contributed by atoms with Crippen molar-refractivity contribution in [3.8, 4) is 0 Å². The maximum atomic E-state index is 12.5. The molecule has 0 saturated heterocycles. The van der Waals surface area contributed by atoms with Crippen LogP contribution >= 0.6 is 0 Å². The molecule has 2 heterocycles. The second-order valence-corrected chi connectivity index (χ2v) is 7.23. The van der Waals surface area contributed by atoms with Crippen LogP contribution in [0.25, 0.3) is 10.9 Å². The molecule has 2 aromatic carbocycles. The van der Waals surface area contributed by atoms with Crippen molar-refractivity contribution in [1.82, 2.24) is 20.7 Å². The first-order chi connectivity index (χ1) is 14.2. The Labute approximate surface area is 168 Å². The Morgan fingerprint density at radius 3 is 2.62 bits per heavy atom. The van der Waals surface area contributed by atoms with Crippen molar-refractivity contribution in [3.63, 3.8) is 0 Å². The number of para-hydroxylation sites is 1. The standard InChI is InChI=1S/C22H24N4O3/c27-19(25-29)10-12-23-20(28)14-26-13-11-17-16-8-4-5-9-18(16)24-21(17)22(26)15-6-2-1-3-7-15/h1-9,22,24,29H,10-14H2,(H,23,28)(H,25,27). The van der Waals surface area contributed by atoms with E-state index in [0.29, 0.717) is 0 Å². The summed E-state index contributed by atoms with van der Waals surface area (Å²) in [6.07, 6.45) is 0.902. The number of rotatable bonds is 6. The summed E-state index contributed by atoms with van der Waals surface area (Å²) in [6, 6.07) is 18.4. The zero-order chi connectivity index (χ0) is 20.2. The summed E-state index contributed by atoms with van der Waals surface area (Å²) in [5, 5.41) is 12.5. The number of hydroxylamine groups is 1. The van der Waals surface area contributed by atoms with Crippen molar-refractivity contribution >= 4 is 22.7 Å². The van der Waals surface area contributed by atoms with E-state index in [-0.39, 0.29) is 31.5 Å². The lowest BCUT2D eigenvalue weighted by molar-refractivity contribution is -0.129. The zero-order valence-electron chi connectivity index (χ0n) is 16.0. The molecule has 29 heavy (non-hydrogen) atoms. The molecule has 2 amide bonds. The minimum Gasteiger partial charge on any atom is -0.357 e. The number of hydrogen-bond donors (Lipinski definition) is 4.